The predicted molar refractivity (Wildman–Crippen MR) is 94.9 cm³/mol. The summed E-state index contributed by atoms with van der Waals surface area (Å²) in [4.78, 5) is 37.8. The fourth-order valence-electron chi connectivity index (χ4n) is 4.09. The number of hydrogen-bond acceptors (Lipinski definition) is 5. The molecule has 4 rings (SSSR count). The number of fused-ring (bicyclic) bond motifs is 1. The molecule has 1 atom stereocenters. The lowest BCUT2D eigenvalue weighted by atomic mass is 9.81. The smallest absolute Gasteiger partial charge is 0.255 e. The largest absolute Gasteiger partial charge is 0.328 e. The van der Waals surface area contributed by atoms with Crippen LogP contribution in [0.4, 0.5) is 0 Å². The van der Waals surface area contributed by atoms with E-state index in [1.165, 1.54) is 0 Å². The summed E-state index contributed by atoms with van der Waals surface area (Å²) in [5.74, 6) is -0.107. The topological polar surface area (TPSA) is 105 Å². The van der Waals surface area contributed by atoms with Crippen molar-refractivity contribution in [3.05, 3.63) is 34.9 Å². The van der Waals surface area contributed by atoms with Crippen molar-refractivity contribution in [1.82, 2.24) is 15.5 Å². The second-order valence-electron chi connectivity index (χ2n) is 7.62. The van der Waals surface area contributed by atoms with Gasteiger partial charge in [0.15, 0.2) is 0 Å². The number of nitrogens with two attached hydrogens (primary N) is 1. The maximum atomic E-state index is 12.8. The number of nitrogens with zero attached hydrogens (tertiary/aromatic N) is 1. The van der Waals surface area contributed by atoms with Crippen molar-refractivity contribution in [2.24, 2.45) is 11.7 Å². The molecule has 1 saturated heterocycles. The molecule has 3 amide bonds. The number of imide groups is 1. The lowest BCUT2D eigenvalue weighted by molar-refractivity contribution is -0.136. The number of nitrogens with one attached hydrogen (secondary N) is 2. The highest BCUT2D eigenvalue weighted by Gasteiger charge is 2.39. The van der Waals surface area contributed by atoms with E-state index in [-0.39, 0.29) is 24.1 Å². The monoisotopic (exact) mass is 356 g/mol. The van der Waals surface area contributed by atoms with Crippen LogP contribution in [-0.2, 0) is 22.7 Å². The lowest BCUT2D eigenvalue weighted by Gasteiger charge is -2.32. The van der Waals surface area contributed by atoms with Crippen molar-refractivity contribution in [1.29, 1.82) is 0 Å². The Labute approximate surface area is 152 Å². The molecule has 1 aliphatic carbocycles. The average molecular weight is 356 g/mol. The zero-order chi connectivity index (χ0) is 18.3. The van der Waals surface area contributed by atoms with Gasteiger partial charge >= 0.3 is 0 Å². The highest BCUT2D eigenvalue weighted by Crippen LogP contribution is 2.28. The van der Waals surface area contributed by atoms with Gasteiger partial charge in [-0.2, -0.15) is 0 Å². The Morgan fingerprint density at radius 1 is 1.23 bits per heavy atom. The molecule has 2 heterocycles. The van der Waals surface area contributed by atoms with Crippen LogP contribution in [0, 0.1) is 5.92 Å². The molecule has 7 nitrogen and oxygen atoms in total. The van der Waals surface area contributed by atoms with Crippen LogP contribution in [0.5, 0.6) is 0 Å². The first kappa shape index (κ1) is 17.2. The van der Waals surface area contributed by atoms with Crippen LogP contribution < -0.4 is 16.4 Å². The van der Waals surface area contributed by atoms with Crippen LogP contribution in [0.3, 0.4) is 0 Å². The number of carbonyl (C=O) groups excluding carboxylic acids is 3. The minimum absolute atomic E-state index is 0.124. The Morgan fingerprint density at radius 2 is 2.04 bits per heavy atom. The van der Waals surface area contributed by atoms with Gasteiger partial charge in [0.05, 0.1) is 0 Å². The normalized spacial score (nSPS) is 28.0. The van der Waals surface area contributed by atoms with E-state index in [4.69, 9.17) is 5.73 Å². The van der Waals surface area contributed by atoms with Crippen molar-refractivity contribution in [2.75, 3.05) is 6.54 Å². The zero-order valence-electron chi connectivity index (χ0n) is 14.7. The van der Waals surface area contributed by atoms with Gasteiger partial charge in [0.2, 0.25) is 11.8 Å². The minimum atomic E-state index is -0.558. The van der Waals surface area contributed by atoms with Crippen molar-refractivity contribution < 1.29 is 14.4 Å². The van der Waals surface area contributed by atoms with E-state index in [1.807, 2.05) is 18.2 Å². The summed E-state index contributed by atoms with van der Waals surface area (Å²) in [5.41, 5.74) is 8.47. The Kier molecular flexibility index (Phi) is 4.50. The van der Waals surface area contributed by atoms with Gasteiger partial charge in [-0.15, -0.1) is 0 Å². The number of amides is 3. The molecule has 26 heavy (non-hydrogen) atoms. The van der Waals surface area contributed by atoms with Crippen molar-refractivity contribution in [3.8, 4) is 0 Å². The zero-order valence-corrected chi connectivity index (χ0v) is 14.7. The molecular formula is C19H24N4O3. The van der Waals surface area contributed by atoms with Crippen LogP contribution in [0.25, 0.3) is 0 Å². The molecule has 138 valence electrons. The summed E-state index contributed by atoms with van der Waals surface area (Å²) in [6.07, 6.45) is 2.83. The van der Waals surface area contributed by atoms with Crippen molar-refractivity contribution >= 4 is 17.7 Å². The molecule has 0 bridgehead atoms. The first-order valence-electron chi connectivity index (χ1n) is 9.24. The van der Waals surface area contributed by atoms with Gasteiger partial charge in [-0.25, -0.2) is 0 Å². The fourth-order valence-corrected chi connectivity index (χ4v) is 4.09. The molecule has 1 aromatic carbocycles. The number of hydrogen-bond donors (Lipinski definition) is 3. The Balaban J connectivity index is 1.39. The first-order valence-corrected chi connectivity index (χ1v) is 9.24. The number of benzene rings is 1. The van der Waals surface area contributed by atoms with E-state index >= 15 is 0 Å². The van der Waals surface area contributed by atoms with Gasteiger partial charge < -0.3 is 16.0 Å². The molecule has 0 radical (unpaired) electrons. The lowest BCUT2D eigenvalue weighted by Crippen LogP contribution is -2.52. The highest BCUT2D eigenvalue weighted by molar-refractivity contribution is 6.05. The second kappa shape index (κ2) is 6.81. The fraction of sp³-hybridized carbons (Fsp3) is 0.526. The van der Waals surface area contributed by atoms with Crippen LogP contribution in [0.15, 0.2) is 18.2 Å². The number of rotatable bonds is 5. The predicted octanol–water partition coefficient (Wildman–Crippen LogP) is 0.275. The third-order valence-electron chi connectivity index (χ3n) is 5.63. The summed E-state index contributed by atoms with van der Waals surface area (Å²) < 4.78 is 0. The van der Waals surface area contributed by atoms with E-state index in [0.29, 0.717) is 37.0 Å². The molecule has 1 aromatic rings. The van der Waals surface area contributed by atoms with Gasteiger partial charge in [0, 0.05) is 31.1 Å². The maximum absolute atomic E-state index is 12.8. The molecule has 3 aliphatic rings. The molecule has 2 fully saturated rings. The van der Waals surface area contributed by atoms with E-state index < -0.39 is 6.04 Å². The van der Waals surface area contributed by atoms with E-state index in [2.05, 4.69) is 10.6 Å². The van der Waals surface area contributed by atoms with Crippen molar-refractivity contribution in [2.45, 2.75) is 50.9 Å². The van der Waals surface area contributed by atoms with Gasteiger partial charge in [-0.3, -0.25) is 19.7 Å². The highest BCUT2D eigenvalue weighted by atomic mass is 16.2. The second-order valence-corrected chi connectivity index (χ2v) is 7.62. The van der Waals surface area contributed by atoms with Crippen molar-refractivity contribution in [3.63, 3.8) is 0 Å². The summed E-state index contributed by atoms with van der Waals surface area (Å²) in [7, 11) is 0. The summed E-state index contributed by atoms with van der Waals surface area (Å²) in [5, 5.41) is 5.76. The van der Waals surface area contributed by atoms with Crippen LogP contribution in [0.1, 0.15) is 47.2 Å². The molecule has 0 aromatic heterocycles. The van der Waals surface area contributed by atoms with Crippen LogP contribution in [-0.4, -0.2) is 41.2 Å². The minimum Gasteiger partial charge on any atom is -0.328 e. The number of piperidine rings is 1. The third-order valence-corrected chi connectivity index (χ3v) is 5.63. The Morgan fingerprint density at radius 3 is 2.77 bits per heavy atom. The first-order chi connectivity index (χ1) is 12.5. The molecule has 4 N–H and O–H groups in total. The molecular weight excluding hydrogens is 332 g/mol. The third kappa shape index (κ3) is 3.24. The van der Waals surface area contributed by atoms with Gasteiger partial charge in [0.25, 0.3) is 5.91 Å². The van der Waals surface area contributed by atoms with E-state index in [0.717, 1.165) is 30.5 Å². The summed E-state index contributed by atoms with van der Waals surface area (Å²) >= 11 is 0. The molecule has 1 unspecified atom stereocenters. The summed E-state index contributed by atoms with van der Waals surface area (Å²) in [6, 6.07) is 5.72. The molecule has 7 heteroatoms. The standard InChI is InChI=1S/C19H24N4O3/c20-14-5-12(6-14)9-21-8-11-1-2-13-10-23(19(26)15(13)7-11)16-3-4-17(24)22-18(16)25/h1-2,7,12,14,16,21H,3-6,8-10,20H2,(H,22,24,25). The SMILES string of the molecule is NC1CC(CNCc2ccc3c(c2)C(=O)N(C2CCC(=O)NC2=O)C3)C1. The maximum Gasteiger partial charge on any atom is 0.255 e. The van der Waals surface area contributed by atoms with Gasteiger partial charge in [-0.1, -0.05) is 12.1 Å². The Bertz CT molecular complexity index is 757. The molecule has 0 spiro atoms. The van der Waals surface area contributed by atoms with Crippen LogP contribution in [0.2, 0.25) is 0 Å². The Hall–Kier alpha value is -2.25. The number of carbonyl (C=O) groups is 3. The summed E-state index contributed by atoms with van der Waals surface area (Å²) in [6.45, 7) is 2.08. The average Bonchev–Trinajstić information content (AvgIpc) is 2.90. The molecule has 1 saturated carbocycles. The van der Waals surface area contributed by atoms with E-state index in [9.17, 15) is 14.4 Å². The quantitative estimate of drug-likeness (QED) is 0.657. The molecule has 2 aliphatic heterocycles. The van der Waals surface area contributed by atoms with E-state index in [1.54, 1.807) is 4.90 Å². The van der Waals surface area contributed by atoms with Gasteiger partial charge in [-0.05, 0) is 48.9 Å². The van der Waals surface area contributed by atoms with Gasteiger partial charge in [0.1, 0.15) is 6.04 Å². The van der Waals surface area contributed by atoms with Crippen LogP contribution >= 0.6 is 0 Å².